The maximum atomic E-state index is 10.4. The molecular formula is C17H29NO3. The molecular weight excluding hydrogens is 266 g/mol. The van der Waals surface area contributed by atoms with Gasteiger partial charge in [-0.2, -0.15) is 0 Å². The van der Waals surface area contributed by atoms with E-state index in [1.165, 1.54) is 0 Å². The topological polar surface area (TPSA) is 41.9 Å². The molecule has 1 unspecified atom stereocenters. The maximum Gasteiger partial charge on any atom is 0.128 e. The second-order valence-electron chi connectivity index (χ2n) is 5.25. The molecule has 0 aliphatic heterocycles. The standard InChI is InChI=1S/C17H29NO3/c1-5-10-18(11-6-2)12-9-16(19)15-8-7-14(20-3)13-17(15)21-4/h7-8,13,16,19H,5-6,9-12H2,1-4H3. The van der Waals surface area contributed by atoms with Crippen molar-refractivity contribution in [1.29, 1.82) is 0 Å². The highest BCUT2D eigenvalue weighted by molar-refractivity contribution is 5.41. The number of nitrogens with zero attached hydrogens (tertiary/aromatic N) is 1. The minimum Gasteiger partial charge on any atom is -0.497 e. The number of aliphatic hydroxyl groups excluding tert-OH is 1. The Bertz CT molecular complexity index is 403. The summed E-state index contributed by atoms with van der Waals surface area (Å²) in [6, 6.07) is 5.55. The SMILES string of the molecule is CCCN(CCC)CCC(O)c1ccc(OC)cc1OC. The first kappa shape index (κ1) is 17.8. The molecule has 1 atom stereocenters. The van der Waals surface area contributed by atoms with E-state index < -0.39 is 6.10 Å². The highest BCUT2D eigenvalue weighted by atomic mass is 16.5. The van der Waals surface area contributed by atoms with Crippen molar-refractivity contribution >= 4 is 0 Å². The number of rotatable bonds is 10. The fourth-order valence-corrected chi connectivity index (χ4v) is 2.52. The lowest BCUT2D eigenvalue weighted by molar-refractivity contribution is 0.138. The van der Waals surface area contributed by atoms with Crippen LogP contribution in [-0.2, 0) is 0 Å². The summed E-state index contributed by atoms with van der Waals surface area (Å²) in [5.41, 5.74) is 0.825. The zero-order valence-electron chi connectivity index (χ0n) is 13.8. The number of benzene rings is 1. The van der Waals surface area contributed by atoms with Gasteiger partial charge in [-0.25, -0.2) is 0 Å². The normalized spacial score (nSPS) is 12.5. The van der Waals surface area contributed by atoms with E-state index in [2.05, 4.69) is 18.7 Å². The number of hydrogen-bond donors (Lipinski definition) is 1. The van der Waals surface area contributed by atoms with Crippen molar-refractivity contribution in [2.45, 2.75) is 39.2 Å². The molecule has 0 aromatic heterocycles. The Hall–Kier alpha value is -1.26. The highest BCUT2D eigenvalue weighted by Gasteiger charge is 2.15. The minimum absolute atomic E-state index is 0.512. The van der Waals surface area contributed by atoms with E-state index in [1.807, 2.05) is 18.2 Å². The van der Waals surface area contributed by atoms with Gasteiger partial charge in [0.25, 0.3) is 0 Å². The average molecular weight is 295 g/mol. The molecule has 0 fully saturated rings. The van der Waals surface area contributed by atoms with Gasteiger partial charge in [-0.05, 0) is 44.5 Å². The van der Waals surface area contributed by atoms with Crippen LogP contribution in [0.25, 0.3) is 0 Å². The first-order chi connectivity index (χ1) is 10.2. The van der Waals surface area contributed by atoms with Crippen molar-refractivity contribution in [2.24, 2.45) is 0 Å². The fraction of sp³-hybridized carbons (Fsp3) is 0.647. The van der Waals surface area contributed by atoms with Crippen LogP contribution in [0.5, 0.6) is 11.5 Å². The van der Waals surface area contributed by atoms with E-state index in [0.717, 1.165) is 43.8 Å². The highest BCUT2D eigenvalue weighted by Crippen LogP contribution is 2.31. The van der Waals surface area contributed by atoms with Crippen LogP contribution >= 0.6 is 0 Å². The van der Waals surface area contributed by atoms with Crippen LogP contribution in [0.15, 0.2) is 18.2 Å². The van der Waals surface area contributed by atoms with E-state index in [9.17, 15) is 5.11 Å². The first-order valence-electron chi connectivity index (χ1n) is 7.78. The monoisotopic (exact) mass is 295 g/mol. The van der Waals surface area contributed by atoms with E-state index >= 15 is 0 Å². The molecule has 4 heteroatoms. The van der Waals surface area contributed by atoms with E-state index in [4.69, 9.17) is 9.47 Å². The van der Waals surface area contributed by atoms with Crippen molar-refractivity contribution in [3.63, 3.8) is 0 Å². The summed E-state index contributed by atoms with van der Waals surface area (Å²) in [7, 11) is 3.24. The third-order valence-corrected chi connectivity index (χ3v) is 3.60. The van der Waals surface area contributed by atoms with Gasteiger partial charge in [0.2, 0.25) is 0 Å². The van der Waals surface area contributed by atoms with Gasteiger partial charge in [0.1, 0.15) is 11.5 Å². The van der Waals surface area contributed by atoms with Crippen LogP contribution in [0.3, 0.4) is 0 Å². The summed E-state index contributed by atoms with van der Waals surface area (Å²) in [5.74, 6) is 1.42. The third kappa shape index (κ3) is 5.56. The Balaban J connectivity index is 2.67. The van der Waals surface area contributed by atoms with Crippen molar-refractivity contribution in [3.8, 4) is 11.5 Å². The lowest BCUT2D eigenvalue weighted by atomic mass is 10.0. The second kappa shape index (κ2) is 9.64. The van der Waals surface area contributed by atoms with E-state index in [0.29, 0.717) is 12.2 Å². The Morgan fingerprint density at radius 2 is 1.71 bits per heavy atom. The zero-order chi connectivity index (χ0) is 15.7. The van der Waals surface area contributed by atoms with Crippen LogP contribution in [0.1, 0.15) is 44.8 Å². The van der Waals surface area contributed by atoms with Gasteiger partial charge >= 0.3 is 0 Å². The summed E-state index contributed by atoms with van der Waals surface area (Å²) in [4.78, 5) is 2.40. The van der Waals surface area contributed by atoms with Crippen molar-refractivity contribution in [2.75, 3.05) is 33.9 Å². The lowest BCUT2D eigenvalue weighted by Crippen LogP contribution is -2.27. The molecule has 0 aliphatic rings. The van der Waals surface area contributed by atoms with Gasteiger partial charge in [0.15, 0.2) is 0 Å². The number of methoxy groups -OCH3 is 2. The van der Waals surface area contributed by atoms with Gasteiger partial charge in [0, 0.05) is 18.2 Å². The van der Waals surface area contributed by atoms with Crippen LogP contribution < -0.4 is 9.47 Å². The van der Waals surface area contributed by atoms with E-state index in [-0.39, 0.29) is 0 Å². The Morgan fingerprint density at radius 3 is 2.24 bits per heavy atom. The van der Waals surface area contributed by atoms with Crippen LogP contribution in [0.2, 0.25) is 0 Å². The molecule has 4 nitrogen and oxygen atoms in total. The molecule has 1 aromatic rings. The second-order valence-corrected chi connectivity index (χ2v) is 5.25. The molecule has 0 saturated heterocycles. The number of aliphatic hydroxyl groups is 1. The average Bonchev–Trinajstić information content (AvgIpc) is 2.52. The van der Waals surface area contributed by atoms with Gasteiger partial charge in [-0.15, -0.1) is 0 Å². The Kier molecular flexibility index (Phi) is 8.16. The predicted molar refractivity (Wildman–Crippen MR) is 86.1 cm³/mol. The minimum atomic E-state index is -0.512. The van der Waals surface area contributed by atoms with Gasteiger partial charge in [-0.1, -0.05) is 13.8 Å². The number of ether oxygens (including phenoxy) is 2. The van der Waals surface area contributed by atoms with E-state index in [1.54, 1.807) is 14.2 Å². The van der Waals surface area contributed by atoms with Gasteiger partial charge in [0.05, 0.1) is 20.3 Å². The lowest BCUT2D eigenvalue weighted by Gasteiger charge is -2.23. The third-order valence-electron chi connectivity index (χ3n) is 3.60. The Morgan fingerprint density at radius 1 is 1.05 bits per heavy atom. The molecule has 0 heterocycles. The first-order valence-corrected chi connectivity index (χ1v) is 7.78. The van der Waals surface area contributed by atoms with Crippen LogP contribution in [0.4, 0.5) is 0 Å². The number of hydrogen-bond acceptors (Lipinski definition) is 4. The quantitative estimate of drug-likeness (QED) is 0.719. The molecule has 21 heavy (non-hydrogen) atoms. The Labute approximate surface area is 128 Å². The fourth-order valence-electron chi connectivity index (χ4n) is 2.52. The van der Waals surface area contributed by atoms with Crippen molar-refractivity contribution in [1.82, 2.24) is 4.90 Å². The largest absolute Gasteiger partial charge is 0.497 e. The summed E-state index contributed by atoms with van der Waals surface area (Å²) < 4.78 is 10.5. The molecule has 0 aliphatic carbocycles. The summed E-state index contributed by atoms with van der Waals surface area (Å²) in [6.07, 6.45) is 2.48. The molecule has 1 rings (SSSR count). The zero-order valence-corrected chi connectivity index (χ0v) is 13.8. The molecule has 1 aromatic carbocycles. The molecule has 0 spiro atoms. The maximum absolute atomic E-state index is 10.4. The van der Waals surface area contributed by atoms with Gasteiger partial charge < -0.3 is 19.5 Å². The summed E-state index contributed by atoms with van der Waals surface area (Å²) in [5, 5.41) is 10.4. The van der Waals surface area contributed by atoms with Crippen LogP contribution in [0, 0.1) is 0 Å². The molecule has 0 bridgehead atoms. The predicted octanol–water partition coefficient (Wildman–Crippen LogP) is 3.25. The van der Waals surface area contributed by atoms with Gasteiger partial charge in [-0.3, -0.25) is 0 Å². The van der Waals surface area contributed by atoms with Crippen LogP contribution in [-0.4, -0.2) is 43.9 Å². The molecule has 0 amide bonds. The molecule has 0 saturated carbocycles. The smallest absolute Gasteiger partial charge is 0.128 e. The van der Waals surface area contributed by atoms with Crippen molar-refractivity contribution < 1.29 is 14.6 Å². The van der Waals surface area contributed by atoms with Crippen molar-refractivity contribution in [3.05, 3.63) is 23.8 Å². The summed E-state index contributed by atoms with van der Waals surface area (Å²) >= 11 is 0. The summed E-state index contributed by atoms with van der Waals surface area (Å²) in [6.45, 7) is 7.44. The molecule has 1 N–H and O–H groups in total. The molecule has 0 radical (unpaired) electrons. The molecule has 120 valence electrons.